The second-order valence-corrected chi connectivity index (χ2v) is 11.0. The van der Waals surface area contributed by atoms with Crippen LogP contribution in [0.4, 0.5) is 0 Å². The van der Waals surface area contributed by atoms with E-state index in [9.17, 15) is 4.79 Å². The van der Waals surface area contributed by atoms with E-state index in [1.165, 1.54) is 44.1 Å². The van der Waals surface area contributed by atoms with Crippen LogP contribution < -0.4 is 10.1 Å². The normalized spacial score (nSPS) is 29.3. The number of rotatable bonds is 8. The Bertz CT molecular complexity index is 911. The highest BCUT2D eigenvalue weighted by molar-refractivity contribution is 5.92. The number of nitrogens with zero attached hydrogens (tertiary/aromatic N) is 2. The third-order valence-electron chi connectivity index (χ3n) is 8.32. The number of hydrogen-bond acceptors (Lipinski definition) is 3. The zero-order chi connectivity index (χ0) is 22.3. The van der Waals surface area contributed by atoms with Crippen LogP contribution in [0.15, 0.2) is 36.5 Å². The molecule has 1 amide bonds. The highest BCUT2D eigenvalue weighted by atomic mass is 16.5. The summed E-state index contributed by atoms with van der Waals surface area (Å²) in [5.41, 5.74) is 2.08. The minimum Gasteiger partial charge on any atom is -0.471 e. The molecule has 0 radical (unpaired) electrons. The first kappa shape index (κ1) is 21.5. The topological polar surface area (TPSA) is 56.2 Å². The molecular weight excluding hydrogens is 398 g/mol. The summed E-state index contributed by atoms with van der Waals surface area (Å²) in [5.74, 6) is 3.92. The van der Waals surface area contributed by atoms with Gasteiger partial charge in [0.2, 0.25) is 0 Å². The molecule has 0 saturated heterocycles. The average Bonchev–Trinajstić information content (AvgIpc) is 3.24. The summed E-state index contributed by atoms with van der Waals surface area (Å²) in [7, 11) is 0. The third-order valence-corrected chi connectivity index (χ3v) is 8.32. The van der Waals surface area contributed by atoms with Crippen LogP contribution in [0, 0.1) is 23.2 Å². The van der Waals surface area contributed by atoms with Gasteiger partial charge in [-0.3, -0.25) is 4.79 Å². The van der Waals surface area contributed by atoms with Crippen LogP contribution in [-0.2, 0) is 6.73 Å². The summed E-state index contributed by atoms with van der Waals surface area (Å²) in [5, 5.41) is 7.87. The van der Waals surface area contributed by atoms with Gasteiger partial charge in [0.1, 0.15) is 11.4 Å². The monoisotopic (exact) mass is 435 g/mol. The minimum absolute atomic E-state index is 0.0485. The van der Waals surface area contributed by atoms with Crippen LogP contribution >= 0.6 is 0 Å². The lowest BCUT2D eigenvalue weighted by molar-refractivity contribution is -0.0727. The van der Waals surface area contributed by atoms with Gasteiger partial charge >= 0.3 is 0 Å². The molecule has 2 aromatic rings. The van der Waals surface area contributed by atoms with E-state index < -0.39 is 0 Å². The SMILES string of the molecule is CCC(NC(=O)c1ccn(COc2ccc(C(C)C)cc2)n1)C12CC3CC(CC(C3)C1)C2. The van der Waals surface area contributed by atoms with Crippen molar-refractivity contribution < 1.29 is 9.53 Å². The van der Waals surface area contributed by atoms with Crippen molar-refractivity contribution in [3.05, 3.63) is 47.8 Å². The maximum absolute atomic E-state index is 13.1. The Morgan fingerprint density at radius 3 is 2.28 bits per heavy atom. The Hall–Kier alpha value is -2.30. The first-order valence-corrected chi connectivity index (χ1v) is 12.5. The maximum atomic E-state index is 13.1. The highest BCUT2D eigenvalue weighted by Gasteiger charge is 2.54. The molecule has 1 heterocycles. The van der Waals surface area contributed by atoms with Crippen LogP contribution in [0.1, 0.15) is 87.7 Å². The van der Waals surface area contributed by atoms with Crippen LogP contribution in [0.2, 0.25) is 0 Å². The molecule has 32 heavy (non-hydrogen) atoms. The molecule has 1 aromatic heterocycles. The van der Waals surface area contributed by atoms with E-state index in [4.69, 9.17) is 4.74 Å². The van der Waals surface area contributed by atoms with E-state index in [2.05, 4.69) is 43.3 Å². The lowest BCUT2D eigenvalue weighted by atomic mass is 9.47. The fourth-order valence-electron chi connectivity index (χ4n) is 7.17. The van der Waals surface area contributed by atoms with Gasteiger partial charge in [-0.15, -0.1) is 0 Å². The van der Waals surface area contributed by atoms with E-state index >= 15 is 0 Å². The van der Waals surface area contributed by atoms with Crippen molar-refractivity contribution in [1.29, 1.82) is 0 Å². The first-order chi connectivity index (χ1) is 15.4. The maximum Gasteiger partial charge on any atom is 0.272 e. The predicted molar refractivity (Wildman–Crippen MR) is 126 cm³/mol. The molecule has 172 valence electrons. The molecule has 4 fully saturated rings. The van der Waals surface area contributed by atoms with E-state index in [0.717, 1.165) is 29.9 Å². The largest absolute Gasteiger partial charge is 0.471 e. The number of amides is 1. The number of benzene rings is 1. The van der Waals surface area contributed by atoms with Crippen molar-refractivity contribution in [1.82, 2.24) is 15.1 Å². The predicted octanol–water partition coefficient (Wildman–Crippen LogP) is 5.77. The van der Waals surface area contributed by atoms with E-state index in [1.807, 2.05) is 18.3 Å². The van der Waals surface area contributed by atoms with Crippen molar-refractivity contribution in [2.24, 2.45) is 23.2 Å². The number of aromatic nitrogens is 2. The molecule has 4 aliphatic rings. The summed E-state index contributed by atoms with van der Waals surface area (Å²) in [6.45, 7) is 6.87. The molecular formula is C27H37N3O2. The van der Waals surface area contributed by atoms with Gasteiger partial charge in [-0.25, -0.2) is 4.68 Å². The average molecular weight is 436 g/mol. The summed E-state index contributed by atoms with van der Waals surface area (Å²) >= 11 is 0. The Morgan fingerprint density at radius 2 is 1.72 bits per heavy atom. The van der Waals surface area contributed by atoms with Crippen LogP contribution in [0.25, 0.3) is 0 Å². The van der Waals surface area contributed by atoms with Crippen molar-refractivity contribution in [2.75, 3.05) is 0 Å². The Morgan fingerprint density at radius 1 is 1.09 bits per heavy atom. The van der Waals surface area contributed by atoms with Crippen LogP contribution in [0.3, 0.4) is 0 Å². The quantitative estimate of drug-likeness (QED) is 0.573. The van der Waals surface area contributed by atoms with Gasteiger partial charge in [0.15, 0.2) is 6.73 Å². The van der Waals surface area contributed by atoms with Crippen molar-refractivity contribution in [2.45, 2.75) is 84.4 Å². The summed E-state index contributed by atoms with van der Waals surface area (Å²) in [6, 6.07) is 10.2. The fraction of sp³-hybridized carbons (Fsp3) is 0.630. The Kier molecular flexibility index (Phi) is 5.77. The minimum atomic E-state index is -0.0485. The molecule has 6 rings (SSSR count). The van der Waals surface area contributed by atoms with Gasteiger partial charge in [0.05, 0.1) is 0 Å². The van der Waals surface area contributed by atoms with E-state index in [0.29, 0.717) is 23.8 Å². The molecule has 5 heteroatoms. The lowest BCUT2D eigenvalue weighted by Gasteiger charge is -2.59. The third kappa shape index (κ3) is 4.18. The summed E-state index contributed by atoms with van der Waals surface area (Å²) in [6.07, 6.45) is 11.0. The molecule has 4 saturated carbocycles. The molecule has 1 unspecified atom stereocenters. The zero-order valence-electron chi connectivity index (χ0n) is 19.7. The second kappa shape index (κ2) is 8.57. The number of ether oxygens (including phenoxy) is 1. The number of carbonyl (C=O) groups is 1. The Balaban J connectivity index is 1.20. The van der Waals surface area contributed by atoms with Gasteiger partial charge in [-0.1, -0.05) is 32.9 Å². The smallest absolute Gasteiger partial charge is 0.272 e. The van der Waals surface area contributed by atoms with Crippen molar-refractivity contribution >= 4 is 5.91 Å². The number of hydrogen-bond donors (Lipinski definition) is 1. The van der Waals surface area contributed by atoms with Crippen LogP contribution in [0.5, 0.6) is 5.75 Å². The van der Waals surface area contributed by atoms with E-state index in [-0.39, 0.29) is 11.9 Å². The van der Waals surface area contributed by atoms with Gasteiger partial charge in [-0.05, 0) is 97.8 Å². The van der Waals surface area contributed by atoms with Crippen molar-refractivity contribution in [3.8, 4) is 5.75 Å². The fourth-order valence-corrected chi connectivity index (χ4v) is 7.17. The second-order valence-electron chi connectivity index (χ2n) is 11.0. The number of carbonyl (C=O) groups excluding carboxylic acids is 1. The molecule has 1 atom stereocenters. The molecule has 5 nitrogen and oxygen atoms in total. The van der Waals surface area contributed by atoms with Crippen LogP contribution in [-0.4, -0.2) is 21.7 Å². The molecule has 1 aromatic carbocycles. The van der Waals surface area contributed by atoms with E-state index in [1.54, 1.807) is 10.7 Å². The van der Waals surface area contributed by atoms with Gasteiger partial charge in [0.25, 0.3) is 5.91 Å². The van der Waals surface area contributed by atoms with Gasteiger partial charge in [0, 0.05) is 12.2 Å². The molecule has 0 spiro atoms. The highest BCUT2D eigenvalue weighted by Crippen LogP contribution is 2.61. The first-order valence-electron chi connectivity index (χ1n) is 12.5. The molecule has 1 N–H and O–H groups in total. The zero-order valence-corrected chi connectivity index (χ0v) is 19.7. The molecule has 0 aliphatic heterocycles. The lowest BCUT2D eigenvalue weighted by Crippen LogP contribution is -2.56. The Labute approximate surface area is 191 Å². The summed E-state index contributed by atoms with van der Waals surface area (Å²) in [4.78, 5) is 13.1. The van der Waals surface area contributed by atoms with Gasteiger partial charge < -0.3 is 10.1 Å². The molecule has 4 bridgehead atoms. The van der Waals surface area contributed by atoms with Gasteiger partial charge in [-0.2, -0.15) is 5.10 Å². The summed E-state index contributed by atoms with van der Waals surface area (Å²) < 4.78 is 7.55. The molecule has 4 aliphatic carbocycles. The standard InChI is InChI=1S/C27H37N3O2/c1-4-25(27-14-19-11-20(15-27)13-21(12-19)16-27)28-26(31)24-9-10-30(29-24)17-32-23-7-5-22(6-8-23)18(2)3/h5-10,18-21,25H,4,11-17H2,1-3H3,(H,28,31). The van der Waals surface area contributed by atoms with Crippen molar-refractivity contribution in [3.63, 3.8) is 0 Å². The number of nitrogens with one attached hydrogen (secondary N) is 1.